The molecule has 114 valence electrons. The number of hydrazone groups is 1. The topological polar surface area (TPSA) is 73.4 Å². The number of hydrogen-bond donors (Lipinski definition) is 2. The van der Waals surface area contributed by atoms with Gasteiger partial charge in [-0.3, -0.25) is 9.80 Å². The number of anilines is 1. The van der Waals surface area contributed by atoms with Crippen LogP contribution in [0.15, 0.2) is 29.5 Å². The van der Waals surface area contributed by atoms with Crippen LogP contribution in [0.5, 0.6) is 0 Å². The summed E-state index contributed by atoms with van der Waals surface area (Å²) >= 11 is 0. The van der Waals surface area contributed by atoms with Crippen molar-refractivity contribution in [3.8, 4) is 11.3 Å². The van der Waals surface area contributed by atoms with Crippen molar-refractivity contribution in [3.05, 3.63) is 35.7 Å². The van der Waals surface area contributed by atoms with Gasteiger partial charge in [-0.05, 0) is 32.0 Å². The van der Waals surface area contributed by atoms with E-state index in [4.69, 9.17) is 0 Å². The SMILES string of the molecule is CC(C)=NN(C)c1cc(-c2cc3c([nH]2)CCNC3=O)ccn1. The molecule has 3 heterocycles. The molecule has 0 aromatic carbocycles. The number of hydrogen-bond acceptors (Lipinski definition) is 4. The number of pyridine rings is 1. The van der Waals surface area contributed by atoms with Gasteiger partial charge in [0, 0.05) is 48.9 Å². The summed E-state index contributed by atoms with van der Waals surface area (Å²) in [5.41, 5.74) is 4.60. The Bertz CT molecular complexity index is 743. The quantitative estimate of drug-likeness (QED) is 0.674. The van der Waals surface area contributed by atoms with Crippen LogP contribution in [0.2, 0.25) is 0 Å². The first-order chi connectivity index (χ1) is 10.5. The number of carbonyl (C=O) groups is 1. The Labute approximate surface area is 129 Å². The lowest BCUT2D eigenvalue weighted by Crippen LogP contribution is -2.31. The molecule has 2 aromatic rings. The third-order valence-corrected chi connectivity index (χ3v) is 3.54. The van der Waals surface area contributed by atoms with Gasteiger partial charge in [0.2, 0.25) is 0 Å². The molecule has 0 saturated heterocycles. The first-order valence-electron chi connectivity index (χ1n) is 7.26. The Morgan fingerprint density at radius 3 is 2.91 bits per heavy atom. The molecule has 6 heteroatoms. The second-order valence-corrected chi connectivity index (χ2v) is 5.55. The van der Waals surface area contributed by atoms with Crippen LogP contribution in [-0.2, 0) is 6.42 Å². The molecule has 0 unspecified atom stereocenters. The Hall–Kier alpha value is -2.63. The summed E-state index contributed by atoms with van der Waals surface area (Å²) in [6.07, 6.45) is 2.58. The average Bonchev–Trinajstić information content (AvgIpc) is 2.92. The molecule has 1 amide bonds. The number of aromatic amines is 1. The monoisotopic (exact) mass is 297 g/mol. The van der Waals surface area contributed by atoms with Gasteiger partial charge in [-0.1, -0.05) is 0 Å². The van der Waals surface area contributed by atoms with E-state index in [1.165, 1.54) is 0 Å². The van der Waals surface area contributed by atoms with Crippen LogP contribution in [-0.4, -0.2) is 35.2 Å². The van der Waals surface area contributed by atoms with Crippen molar-refractivity contribution in [1.29, 1.82) is 0 Å². The molecular formula is C16H19N5O. The molecule has 0 spiro atoms. The maximum absolute atomic E-state index is 11.9. The van der Waals surface area contributed by atoms with Crippen molar-refractivity contribution in [1.82, 2.24) is 15.3 Å². The van der Waals surface area contributed by atoms with E-state index in [0.29, 0.717) is 6.54 Å². The molecule has 0 fully saturated rings. The van der Waals surface area contributed by atoms with E-state index in [2.05, 4.69) is 20.4 Å². The van der Waals surface area contributed by atoms with Crippen LogP contribution in [0.25, 0.3) is 11.3 Å². The maximum Gasteiger partial charge on any atom is 0.253 e. The van der Waals surface area contributed by atoms with Crippen LogP contribution in [0.3, 0.4) is 0 Å². The molecule has 1 aliphatic rings. The van der Waals surface area contributed by atoms with Crippen LogP contribution in [0, 0.1) is 0 Å². The summed E-state index contributed by atoms with van der Waals surface area (Å²) in [7, 11) is 1.87. The highest BCUT2D eigenvalue weighted by molar-refractivity contribution is 5.97. The zero-order valence-electron chi connectivity index (χ0n) is 13.0. The van der Waals surface area contributed by atoms with E-state index in [0.717, 1.165) is 40.5 Å². The lowest BCUT2D eigenvalue weighted by molar-refractivity contribution is 0.0946. The van der Waals surface area contributed by atoms with E-state index in [1.807, 2.05) is 39.1 Å². The van der Waals surface area contributed by atoms with Gasteiger partial charge >= 0.3 is 0 Å². The predicted octanol–water partition coefficient (Wildman–Crippen LogP) is 2.19. The highest BCUT2D eigenvalue weighted by Crippen LogP contribution is 2.26. The van der Waals surface area contributed by atoms with Gasteiger partial charge in [0.25, 0.3) is 5.91 Å². The number of aromatic nitrogens is 2. The van der Waals surface area contributed by atoms with Gasteiger partial charge in [-0.2, -0.15) is 5.10 Å². The fraction of sp³-hybridized carbons (Fsp3) is 0.312. The summed E-state index contributed by atoms with van der Waals surface area (Å²) < 4.78 is 0. The Morgan fingerprint density at radius 2 is 2.18 bits per heavy atom. The van der Waals surface area contributed by atoms with Gasteiger partial charge in [-0.15, -0.1) is 0 Å². The number of rotatable bonds is 3. The van der Waals surface area contributed by atoms with Gasteiger partial charge in [-0.25, -0.2) is 4.98 Å². The molecule has 22 heavy (non-hydrogen) atoms. The van der Waals surface area contributed by atoms with Crippen molar-refractivity contribution >= 4 is 17.4 Å². The van der Waals surface area contributed by atoms with Crippen LogP contribution in [0.1, 0.15) is 29.9 Å². The van der Waals surface area contributed by atoms with Crippen molar-refractivity contribution in [2.24, 2.45) is 5.10 Å². The smallest absolute Gasteiger partial charge is 0.253 e. The van der Waals surface area contributed by atoms with Crippen LogP contribution < -0.4 is 10.3 Å². The third kappa shape index (κ3) is 2.72. The first kappa shape index (κ1) is 14.3. The van der Waals surface area contributed by atoms with Gasteiger partial charge in [0.1, 0.15) is 5.82 Å². The standard InChI is InChI=1S/C16H19N5O/c1-10(2)20-21(3)15-8-11(4-6-17-15)14-9-12-13(19-14)5-7-18-16(12)22/h4,6,8-9,19H,5,7H2,1-3H3,(H,18,22). The highest BCUT2D eigenvalue weighted by Gasteiger charge is 2.20. The molecule has 0 bridgehead atoms. The zero-order valence-corrected chi connectivity index (χ0v) is 13.0. The minimum atomic E-state index is -0.0126. The molecule has 0 aliphatic carbocycles. The molecule has 2 N–H and O–H groups in total. The normalized spacial score (nSPS) is 13.3. The summed E-state index contributed by atoms with van der Waals surface area (Å²) in [5, 5.41) is 8.97. The molecule has 0 saturated carbocycles. The fourth-order valence-corrected chi connectivity index (χ4v) is 2.56. The minimum Gasteiger partial charge on any atom is -0.358 e. The summed E-state index contributed by atoms with van der Waals surface area (Å²) in [4.78, 5) is 19.5. The molecule has 3 rings (SSSR count). The first-order valence-corrected chi connectivity index (χ1v) is 7.26. The van der Waals surface area contributed by atoms with Crippen molar-refractivity contribution < 1.29 is 4.79 Å². The average molecular weight is 297 g/mol. The molecule has 6 nitrogen and oxygen atoms in total. The predicted molar refractivity (Wildman–Crippen MR) is 87.2 cm³/mol. The minimum absolute atomic E-state index is 0.0126. The number of amides is 1. The number of fused-ring (bicyclic) bond motifs is 1. The molecule has 1 aliphatic heterocycles. The zero-order chi connectivity index (χ0) is 15.7. The van der Waals surface area contributed by atoms with E-state index < -0.39 is 0 Å². The molecule has 2 aromatic heterocycles. The number of nitrogens with zero attached hydrogens (tertiary/aromatic N) is 3. The highest BCUT2D eigenvalue weighted by atomic mass is 16.1. The number of H-pyrrole nitrogens is 1. The number of nitrogens with one attached hydrogen (secondary N) is 2. The van der Waals surface area contributed by atoms with E-state index in [-0.39, 0.29) is 5.91 Å². The van der Waals surface area contributed by atoms with Crippen LogP contribution >= 0.6 is 0 Å². The molecule has 0 atom stereocenters. The second-order valence-electron chi connectivity index (χ2n) is 5.55. The lowest BCUT2D eigenvalue weighted by Gasteiger charge is -2.13. The number of carbonyl (C=O) groups excluding carboxylic acids is 1. The van der Waals surface area contributed by atoms with E-state index in [9.17, 15) is 4.79 Å². The second kappa shape index (κ2) is 5.63. The van der Waals surface area contributed by atoms with E-state index in [1.54, 1.807) is 11.2 Å². The lowest BCUT2D eigenvalue weighted by atomic mass is 10.1. The Balaban J connectivity index is 1.96. The molecular weight excluding hydrogens is 278 g/mol. The fourth-order valence-electron chi connectivity index (χ4n) is 2.56. The van der Waals surface area contributed by atoms with Crippen LogP contribution in [0.4, 0.5) is 5.82 Å². The molecule has 0 radical (unpaired) electrons. The largest absolute Gasteiger partial charge is 0.358 e. The van der Waals surface area contributed by atoms with Crippen molar-refractivity contribution in [3.63, 3.8) is 0 Å². The maximum atomic E-state index is 11.9. The van der Waals surface area contributed by atoms with Crippen molar-refractivity contribution in [2.45, 2.75) is 20.3 Å². The van der Waals surface area contributed by atoms with Gasteiger partial charge in [0.15, 0.2) is 0 Å². The Morgan fingerprint density at radius 1 is 1.36 bits per heavy atom. The summed E-state index contributed by atoms with van der Waals surface area (Å²) in [5.74, 6) is 0.747. The van der Waals surface area contributed by atoms with E-state index >= 15 is 0 Å². The van der Waals surface area contributed by atoms with Gasteiger partial charge in [0.05, 0.1) is 5.56 Å². The summed E-state index contributed by atoms with van der Waals surface area (Å²) in [6.45, 7) is 4.57. The third-order valence-electron chi connectivity index (χ3n) is 3.54. The van der Waals surface area contributed by atoms with Gasteiger partial charge < -0.3 is 10.3 Å². The summed E-state index contributed by atoms with van der Waals surface area (Å²) in [6, 6.07) is 5.79. The Kier molecular flexibility index (Phi) is 3.66. The van der Waals surface area contributed by atoms with Crippen molar-refractivity contribution in [2.75, 3.05) is 18.6 Å².